The second-order valence-corrected chi connectivity index (χ2v) is 9.23. The molecule has 0 aromatic heterocycles. The van der Waals surface area contributed by atoms with Crippen molar-refractivity contribution in [1.29, 1.82) is 0 Å². The minimum Gasteiger partial charge on any atom is -0.497 e. The van der Waals surface area contributed by atoms with E-state index >= 15 is 0 Å². The molecule has 1 amide bonds. The largest absolute Gasteiger partial charge is 0.497 e. The quantitative estimate of drug-likeness (QED) is 0.552. The summed E-state index contributed by atoms with van der Waals surface area (Å²) in [6.07, 6.45) is 0.826. The molecule has 35 heavy (non-hydrogen) atoms. The van der Waals surface area contributed by atoms with Crippen LogP contribution in [-0.2, 0) is 11.0 Å². The molecule has 0 unspecified atom stereocenters. The lowest BCUT2D eigenvalue weighted by molar-refractivity contribution is -0.138. The van der Waals surface area contributed by atoms with Gasteiger partial charge < -0.3 is 19.3 Å². The van der Waals surface area contributed by atoms with Crippen LogP contribution in [0.4, 0.5) is 18.9 Å². The van der Waals surface area contributed by atoms with Crippen LogP contribution >= 0.6 is 0 Å². The van der Waals surface area contributed by atoms with Crippen LogP contribution in [0.1, 0.15) is 43.2 Å². The molecule has 0 N–H and O–H groups in total. The number of nitrogens with zero attached hydrogens (tertiary/aromatic N) is 3. The molecule has 5 rings (SSSR count). The van der Waals surface area contributed by atoms with Crippen LogP contribution in [0, 0.1) is 5.92 Å². The molecule has 0 bridgehead atoms. The third-order valence-corrected chi connectivity index (χ3v) is 7.01. The predicted molar refractivity (Wildman–Crippen MR) is 125 cm³/mol. The molecular formula is C26H28F3N3O3. The van der Waals surface area contributed by atoms with Crippen LogP contribution in [0.25, 0.3) is 0 Å². The van der Waals surface area contributed by atoms with E-state index < -0.39 is 11.7 Å². The van der Waals surface area contributed by atoms with Gasteiger partial charge in [0.2, 0.25) is 5.91 Å². The van der Waals surface area contributed by atoms with Gasteiger partial charge in [-0.3, -0.25) is 4.79 Å². The minimum atomic E-state index is -4.49. The Morgan fingerprint density at radius 2 is 1.74 bits per heavy atom. The SMILES string of the molecule is COc1ccc2c(c1)Oc1ccc(C(F)(F)F)cc1N=C2N1CCN(C(=O)C2CCCCC2)CC1. The van der Waals surface area contributed by atoms with Gasteiger partial charge in [-0.05, 0) is 43.2 Å². The van der Waals surface area contributed by atoms with Crippen molar-refractivity contribution >= 4 is 17.4 Å². The standard InChI is InChI=1S/C26H28F3N3O3/c1-34-19-8-9-20-23(16-19)35-22-10-7-18(26(27,28)29)15-21(22)30-24(20)31-11-13-32(14-12-31)25(33)17-5-3-2-4-6-17/h7-10,15-17H,2-6,11-14H2,1H3. The number of rotatable bonds is 2. The molecule has 186 valence electrons. The highest BCUT2D eigenvalue weighted by molar-refractivity contribution is 6.04. The van der Waals surface area contributed by atoms with E-state index in [0.29, 0.717) is 49.1 Å². The number of alkyl halides is 3. The molecule has 2 aliphatic heterocycles. The van der Waals surface area contributed by atoms with Gasteiger partial charge in [-0.1, -0.05) is 19.3 Å². The molecule has 0 radical (unpaired) electrons. The van der Waals surface area contributed by atoms with E-state index in [-0.39, 0.29) is 23.3 Å². The second-order valence-electron chi connectivity index (χ2n) is 9.23. The Hall–Kier alpha value is -3.23. The van der Waals surface area contributed by atoms with E-state index in [9.17, 15) is 18.0 Å². The first-order valence-electron chi connectivity index (χ1n) is 12.0. The molecule has 0 spiro atoms. The van der Waals surface area contributed by atoms with Gasteiger partial charge in [0.15, 0.2) is 5.75 Å². The Kier molecular flexibility index (Phi) is 6.34. The maximum atomic E-state index is 13.4. The molecule has 1 saturated heterocycles. The van der Waals surface area contributed by atoms with Crippen molar-refractivity contribution in [2.45, 2.75) is 38.3 Å². The monoisotopic (exact) mass is 487 g/mol. The van der Waals surface area contributed by atoms with Crippen molar-refractivity contribution in [3.63, 3.8) is 0 Å². The van der Waals surface area contributed by atoms with Gasteiger partial charge in [-0.2, -0.15) is 13.2 Å². The summed E-state index contributed by atoms with van der Waals surface area (Å²) in [5.74, 6) is 2.14. The van der Waals surface area contributed by atoms with Gasteiger partial charge in [0.1, 0.15) is 23.0 Å². The molecule has 1 saturated carbocycles. The molecule has 2 aromatic rings. The highest BCUT2D eigenvalue weighted by Crippen LogP contribution is 2.42. The number of benzene rings is 2. The number of hydrogen-bond donors (Lipinski definition) is 0. The van der Waals surface area contributed by atoms with Crippen molar-refractivity contribution in [2.75, 3.05) is 33.3 Å². The number of hydrogen-bond acceptors (Lipinski definition) is 5. The number of aliphatic imine (C=N–C) groups is 1. The average molecular weight is 488 g/mol. The van der Waals surface area contributed by atoms with Gasteiger partial charge in [0, 0.05) is 38.2 Å². The van der Waals surface area contributed by atoms with E-state index in [2.05, 4.69) is 4.99 Å². The first-order chi connectivity index (χ1) is 16.8. The van der Waals surface area contributed by atoms with E-state index in [1.165, 1.54) is 12.5 Å². The van der Waals surface area contributed by atoms with Crippen LogP contribution in [0.15, 0.2) is 41.4 Å². The predicted octanol–water partition coefficient (Wildman–Crippen LogP) is 5.62. The molecule has 9 heteroatoms. The maximum absolute atomic E-state index is 13.4. The van der Waals surface area contributed by atoms with Crippen molar-refractivity contribution in [3.8, 4) is 17.2 Å². The number of carbonyl (C=O) groups excluding carboxylic acids is 1. The summed E-state index contributed by atoms with van der Waals surface area (Å²) in [4.78, 5) is 21.6. The lowest BCUT2D eigenvalue weighted by Crippen LogP contribution is -2.52. The number of piperazine rings is 1. The zero-order chi connectivity index (χ0) is 24.6. The van der Waals surface area contributed by atoms with Gasteiger partial charge >= 0.3 is 6.18 Å². The number of amidine groups is 1. The number of fused-ring (bicyclic) bond motifs is 2. The third-order valence-electron chi connectivity index (χ3n) is 7.01. The first-order valence-corrected chi connectivity index (χ1v) is 12.0. The number of ether oxygens (including phenoxy) is 2. The van der Waals surface area contributed by atoms with Crippen LogP contribution in [-0.4, -0.2) is 54.8 Å². The van der Waals surface area contributed by atoms with Gasteiger partial charge in [-0.15, -0.1) is 0 Å². The van der Waals surface area contributed by atoms with Crippen LogP contribution in [0.5, 0.6) is 17.2 Å². The molecule has 6 nitrogen and oxygen atoms in total. The van der Waals surface area contributed by atoms with Crippen molar-refractivity contribution in [2.24, 2.45) is 10.9 Å². The topological polar surface area (TPSA) is 54.4 Å². The number of methoxy groups -OCH3 is 1. The van der Waals surface area contributed by atoms with E-state index in [1.807, 2.05) is 15.9 Å². The van der Waals surface area contributed by atoms with Crippen LogP contribution in [0.2, 0.25) is 0 Å². The fourth-order valence-corrected chi connectivity index (χ4v) is 5.05. The molecule has 0 atom stereocenters. The normalized spacial score (nSPS) is 18.7. The number of amides is 1. The minimum absolute atomic E-state index is 0.111. The van der Waals surface area contributed by atoms with Gasteiger partial charge in [-0.25, -0.2) is 4.99 Å². The summed E-state index contributed by atoms with van der Waals surface area (Å²) in [6, 6.07) is 8.60. The third kappa shape index (κ3) is 4.81. The van der Waals surface area contributed by atoms with Gasteiger partial charge in [0.05, 0.1) is 18.2 Å². The lowest BCUT2D eigenvalue weighted by atomic mass is 9.88. The Balaban J connectivity index is 1.45. The van der Waals surface area contributed by atoms with E-state index in [1.54, 1.807) is 19.2 Å². The highest BCUT2D eigenvalue weighted by atomic mass is 19.4. The summed E-state index contributed by atoms with van der Waals surface area (Å²) < 4.78 is 51.5. The Labute approximate surface area is 202 Å². The Bertz CT molecular complexity index is 1130. The van der Waals surface area contributed by atoms with Crippen LogP contribution < -0.4 is 9.47 Å². The zero-order valence-corrected chi connectivity index (χ0v) is 19.6. The van der Waals surface area contributed by atoms with Crippen molar-refractivity contribution in [1.82, 2.24) is 9.80 Å². The van der Waals surface area contributed by atoms with Crippen molar-refractivity contribution in [3.05, 3.63) is 47.5 Å². The first kappa shape index (κ1) is 23.5. The number of carbonyl (C=O) groups is 1. The number of halogens is 3. The average Bonchev–Trinajstić information content (AvgIpc) is 3.04. The maximum Gasteiger partial charge on any atom is 0.416 e. The highest BCUT2D eigenvalue weighted by Gasteiger charge is 2.34. The fourth-order valence-electron chi connectivity index (χ4n) is 5.05. The van der Waals surface area contributed by atoms with E-state index in [0.717, 1.165) is 37.8 Å². The van der Waals surface area contributed by atoms with E-state index in [4.69, 9.17) is 9.47 Å². The molecule has 1 aliphatic carbocycles. The zero-order valence-electron chi connectivity index (χ0n) is 19.6. The smallest absolute Gasteiger partial charge is 0.416 e. The fraction of sp³-hybridized carbons (Fsp3) is 0.462. The second kappa shape index (κ2) is 9.43. The van der Waals surface area contributed by atoms with Gasteiger partial charge in [0.25, 0.3) is 0 Å². The molecular weight excluding hydrogens is 459 g/mol. The summed E-state index contributed by atoms with van der Waals surface area (Å²) in [5.41, 5.74) is 0.00250. The molecule has 3 aliphatic rings. The summed E-state index contributed by atoms with van der Waals surface area (Å²) in [6.45, 7) is 2.18. The Morgan fingerprint density at radius 1 is 1.00 bits per heavy atom. The summed E-state index contributed by atoms with van der Waals surface area (Å²) >= 11 is 0. The Morgan fingerprint density at radius 3 is 2.43 bits per heavy atom. The molecule has 2 aromatic carbocycles. The molecule has 2 fully saturated rings. The van der Waals surface area contributed by atoms with Crippen LogP contribution in [0.3, 0.4) is 0 Å². The molecule has 2 heterocycles. The van der Waals surface area contributed by atoms with Crippen molar-refractivity contribution < 1.29 is 27.4 Å². The lowest BCUT2D eigenvalue weighted by Gasteiger charge is -2.38. The summed E-state index contributed by atoms with van der Waals surface area (Å²) in [7, 11) is 1.54. The summed E-state index contributed by atoms with van der Waals surface area (Å²) in [5, 5.41) is 0.